The third-order valence-electron chi connectivity index (χ3n) is 2.03. The number of para-hydroxylation sites is 1. The van der Waals surface area contributed by atoms with Crippen LogP contribution in [-0.4, -0.2) is 37.7 Å². The highest BCUT2D eigenvalue weighted by Crippen LogP contribution is 2.04. The van der Waals surface area contributed by atoms with Crippen LogP contribution in [0.2, 0.25) is 0 Å². The number of hydrogen-bond donors (Lipinski definition) is 1. The predicted octanol–water partition coefficient (Wildman–Crippen LogP) is 1.55. The molecule has 1 rings (SSSR count). The summed E-state index contributed by atoms with van der Waals surface area (Å²) in [6.07, 6.45) is 0. The minimum absolute atomic E-state index is 0.195. The van der Waals surface area contributed by atoms with Crippen LogP contribution in [0.3, 0.4) is 0 Å². The van der Waals surface area contributed by atoms with Gasteiger partial charge in [0.15, 0.2) is 0 Å². The van der Waals surface area contributed by atoms with Gasteiger partial charge in [-0.3, -0.25) is 9.69 Å². The van der Waals surface area contributed by atoms with Crippen molar-refractivity contribution in [2.45, 2.75) is 6.92 Å². The molecule has 1 N–H and O–H groups in total. The van der Waals surface area contributed by atoms with E-state index in [0.717, 1.165) is 5.69 Å². The second kappa shape index (κ2) is 6.85. The lowest BCUT2D eigenvalue weighted by Crippen LogP contribution is -2.31. The number of anilines is 1. The first-order valence-corrected chi connectivity index (χ1v) is 5.35. The van der Waals surface area contributed by atoms with Crippen LogP contribution in [0, 0.1) is 0 Å². The third kappa shape index (κ3) is 4.79. The molecule has 0 fully saturated rings. The van der Waals surface area contributed by atoms with Crippen LogP contribution < -0.4 is 5.32 Å². The van der Waals surface area contributed by atoms with Gasteiger partial charge in [0.05, 0.1) is 19.8 Å². The number of rotatable bonds is 6. The first-order chi connectivity index (χ1) is 7.72. The van der Waals surface area contributed by atoms with Gasteiger partial charge in [0.25, 0.3) is 0 Å². The Morgan fingerprint density at radius 1 is 1.38 bits per heavy atom. The lowest BCUT2D eigenvalue weighted by atomic mass is 10.3. The van der Waals surface area contributed by atoms with E-state index in [1.807, 2.05) is 42.3 Å². The van der Waals surface area contributed by atoms with Crippen molar-refractivity contribution in [3.63, 3.8) is 0 Å². The van der Waals surface area contributed by atoms with Crippen molar-refractivity contribution in [2.24, 2.45) is 0 Å². The number of ether oxygens (including phenoxy) is 1. The highest BCUT2D eigenvalue weighted by atomic mass is 16.5. The summed E-state index contributed by atoms with van der Waals surface area (Å²) in [4.78, 5) is 13.0. The van der Waals surface area contributed by atoms with E-state index >= 15 is 0 Å². The van der Waals surface area contributed by atoms with Gasteiger partial charge in [0.1, 0.15) is 0 Å². The summed E-state index contributed by atoms with van der Waals surface area (Å²) in [5.74, 6) is -0.195. The summed E-state index contributed by atoms with van der Waals surface area (Å²) in [6.45, 7) is 3.15. The Bertz CT molecular complexity index is 314. The Kier molecular flexibility index (Phi) is 5.36. The highest BCUT2D eigenvalue weighted by Gasteiger charge is 2.05. The number of nitrogens with zero attached hydrogens (tertiary/aromatic N) is 1. The lowest BCUT2D eigenvalue weighted by molar-refractivity contribution is -0.143. The van der Waals surface area contributed by atoms with Crippen molar-refractivity contribution in [1.29, 1.82) is 0 Å². The summed E-state index contributed by atoms with van der Waals surface area (Å²) >= 11 is 0. The molecule has 0 amide bonds. The van der Waals surface area contributed by atoms with Crippen LogP contribution >= 0.6 is 0 Å². The summed E-state index contributed by atoms with van der Waals surface area (Å²) in [7, 11) is 1.87. The third-order valence-corrected chi connectivity index (χ3v) is 2.03. The molecule has 0 bridgehead atoms. The first kappa shape index (κ1) is 12.5. The van der Waals surface area contributed by atoms with Gasteiger partial charge in [-0.1, -0.05) is 18.2 Å². The summed E-state index contributed by atoms with van der Waals surface area (Å²) in [5, 5.41) is 3.21. The fraction of sp³-hybridized carbons (Fsp3) is 0.417. The number of likely N-dealkylation sites (N-methyl/N-ethyl adjacent to an activating group) is 1. The predicted molar refractivity (Wildman–Crippen MR) is 64.2 cm³/mol. The average molecular weight is 222 g/mol. The SMILES string of the molecule is CCOC(=O)CN(C)CNc1ccccc1. The van der Waals surface area contributed by atoms with E-state index in [1.54, 1.807) is 6.92 Å². The number of nitrogens with one attached hydrogen (secondary N) is 1. The van der Waals surface area contributed by atoms with E-state index in [0.29, 0.717) is 19.8 Å². The number of hydrogen-bond acceptors (Lipinski definition) is 4. The number of carbonyl (C=O) groups is 1. The lowest BCUT2D eigenvalue weighted by Gasteiger charge is -2.16. The van der Waals surface area contributed by atoms with Gasteiger partial charge >= 0.3 is 5.97 Å². The maximum atomic E-state index is 11.2. The summed E-state index contributed by atoms with van der Waals surface area (Å²) in [5.41, 5.74) is 1.04. The molecular weight excluding hydrogens is 204 g/mol. The molecule has 4 heteroatoms. The largest absolute Gasteiger partial charge is 0.465 e. The molecule has 0 unspecified atom stereocenters. The van der Waals surface area contributed by atoms with Gasteiger partial charge < -0.3 is 10.1 Å². The summed E-state index contributed by atoms with van der Waals surface area (Å²) < 4.78 is 4.86. The zero-order valence-electron chi connectivity index (χ0n) is 9.77. The highest BCUT2D eigenvalue weighted by molar-refractivity contribution is 5.71. The van der Waals surface area contributed by atoms with Crippen LogP contribution in [0.15, 0.2) is 30.3 Å². The van der Waals surface area contributed by atoms with Gasteiger partial charge in [-0.2, -0.15) is 0 Å². The topological polar surface area (TPSA) is 41.6 Å². The molecule has 1 aromatic carbocycles. The van der Waals surface area contributed by atoms with Crippen molar-refractivity contribution in [1.82, 2.24) is 4.90 Å². The maximum Gasteiger partial charge on any atom is 0.320 e. The molecule has 0 atom stereocenters. The van der Waals surface area contributed by atoms with Crippen LogP contribution in [0.4, 0.5) is 5.69 Å². The fourth-order valence-electron chi connectivity index (χ4n) is 1.27. The smallest absolute Gasteiger partial charge is 0.320 e. The monoisotopic (exact) mass is 222 g/mol. The summed E-state index contributed by atoms with van der Waals surface area (Å²) in [6, 6.07) is 9.87. The molecule has 4 nitrogen and oxygen atoms in total. The minimum Gasteiger partial charge on any atom is -0.465 e. The molecular formula is C12H18N2O2. The van der Waals surface area contributed by atoms with E-state index in [1.165, 1.54) is 0 Å². The first-order valence-electron chi connectivity index (χ1n) is 5.35. The Morgan fingerprint density at radius 2 is 2.06 bits per heavy atom. The average Bonchev–Trinajstić information content (AvgIpc) is 2.28. The van der Waals surface area contributed by atoms with Crippen molar-refractivity contribution < 1.29 is 9.53 Å². The molecule has 0 heterocycles. The molecule has 0 aliphatic rings. The standard InChI is InChI=1S/C12H18N2O2/c1-3-16-12(15)9-14(2)10-13-11-7-5-4-6-8-11/h4-8,13H,3,9-10H2,1-2H3. The Hall–Kier alpha value is -1.55. The molecule has 0 saturated heterocycles. The Labute approximate surface area is 96.2 Å². The van der Waals surface area contributed by atoms with Crippen LogP contribution in [0.5, 0.6) is 0 Å². The normalized spacial score (nSPS) is 10.2. The maximum absolute atomic E-state index is 11.2. The molecule has 0 aliphatic carbocycles. The van der Waals surface area contributed by atoms with Crippen molar-refractivity contribution in [3.05, 3.63) is 30.3 Å². The zero-order valence-corrected chi connectivity index (χ0v) is 9.77. The molecule has 16 heavy (non-hydrogen) atoms. The zero-order chi connectivity index (χ0) is 11.8. The van der Waals surface area contributed by atoms with Crippen molar-refractivity contribution in [3.8, 4) is 0 Å². The van der Waals surface area contributed by atoms with E-state index in [9.17, 15) is 4.79 Å². The molecule has 0 aromatic heterocycles. The number of esters is 1. The molecule has 88 valence electrons. The van der Waals surface area contributed by atoms with Crippen LogP contribution in [0.1, 0.15) is 6.92 Å². The second-order valence-corrected chi connectivity index (χ2v) is 3.52. The number of carbonyl (C=O) groups excluding carboxylic acids is 1. The minimum atomic E-state index is -0.195. The van der Waals surface area contributed by atoms with Crippen molar-refractivity contribution in [2.75, 3.05) is 32.2 Å². The van der Waals surface area contributed by atoms with E-state index in [2.05, 4.69) is 5.32 Å². The second-order valence-electron chi connectivity index (χ2n) is 3.52. The van der Waals surface area contributed by atoms with Crippen LogP contribution in [-0.2, 0) is 9.53 Å². The molecule has 1 aromatic rings. The van der Waals surface area contributed by atoms with Crippen LogP contribution in [0.25, 0.3) is 0 Å². The van der Waals surface area contributed by atoms with E-state index < -0.39 is 0 Å². The Balaban J connectivity index is 2.25. The van der Waals surface area contributed by atoms with Gasteiger partial charge in [-0.15, -0.1) is 0 Å². The number of benzene rings is 1. The molecule has 0 radical (unpaired) electrons. The van der Waals surface area contributed by atoms with Gasteiger partial charge in [0.2, 0.25) is 0 Å². The van der Waals surface area contributed by atoms with E-state index in [-0.39, 0.29) is 5.97 Å². The fourth-order valence-corrected chi connectivity index (χ4v) is 1.27. The quantitative estimate of drug-likeness (QED) is 0.585. The van der Waals surface area contributed by atoms with E-state index in [4.69, 9.17) is 4.74 Å². The molecule has 0 aliphatic heterocycles. The van der Waals surface area contributed by atoms with Gasteiger partial charge in [0, 0.05) is 5.69 Å². The molecule has 0 saturated carbocycles. The molecule has 0 spiro atoms. The van der Waals surface area contributed by atoms with Gasteiger partial charge in [-0.25, -0.2) is 0 Å². The van der Waals surface area contributed by atoms with Gasteiger partial charge in [-0.05, 0) is 26.1 Å². The Morgan fingerprint density at radius 3 is 2.69 bits per heavy atom. The van der Waals surface area contributed by atoms with Crippen molar-refractivity contribution >= 4 is 11.7 Å².